The summed E-state index contributed by atoms with van der Waals surface area (Å²) in [6, 6.07) is 20.8. The zero-order valence-electron chi connectivity index (χ0n) is 14.9. The molecule has 0 bridgehead atoms. The summed E-state index contributed by atoms with van der Waals surface area (Å²) in [7, 11) is 0. The Morgan fingerprint density at radius 2 is 1.88 bits per heavy atom. The highest BCUT2D eigenvalue weighted by Gasteiger charge is 2.24. The van der Waals surface area contributed by atoms with Gasteiger partial charge >= 0.3 is 0 Å². The molecule has 2 nitrogen and oxygen atoms in total. The molecule has 0 amide bonds. The van der Waals surface area contributed by atoms with Crippen molar-refractivity contribution in [3.63, 3.8) is 0 Å². The molecule has 1 atom stereocenters. The number of nitrogens with one attached hydrogen (secondary N) is 1. The van der Waals surface area contributed by atoms with Crippen LogP contribution in [0.5, 0.6) is 0 Å². The van der Waals surface area contributed by atoms with Gasteiger partial charge in [-0.1, -0.05) is 49.4 Å². The van der Waals surface area contributed by atoms with Crippen LogP contribution < -0.4 is 5.32 Å². The summed E-state index contributed by atoms with van der Waals surface area (Å²) in [5.41, 5.74) is 2.84. The van der Waals surface area contributed by atoms with Crippen molar-refractivity contribution in [1.82, 2.24) is 10.2 Å². The Kier molecular flexibility index (Phi) is 5.16. The standard InChI is InChI=1S/C22H26N2S/c1-2-17-8-10-18(11-9-17)22(24-14-5-12-23-13-15-24)21-16-19-6-3-4-7-20(19)25-21/h3-4,6-11,16,22-23H,2,5,12-15H2,1H3. The minimum absolute atomic E-state index is 0.364. The lowest BCUT2D eigenvalue weighted by molar-refractivity contribution is 0.244. The van der Waals surface area contributed by atoms with Gasteiger partial charge in [0.25, 0.3) is 0 Å². The molecule has 0 radical (unpaired) electrons. The molecule has 130 valence electrons. The SMILES string of the molecule is CCc1ccc(C(c2cc3ccccc3s2)N2CCCNCC2)cc1. The number of hydrogen-bond donors (Lipinski definition) is 1. The van der Waals surface area contributed by atoms with E-state index in [2.05, 4.69) is 71.7 Å². The summed E-state index contributed by atoms with van der Waals surface area (Å²) in [4.78, 5) is 4.12. The van der Waals surface area contributed by atoms with E-state index < -0.39 is 0 Å². The molecule has 2 aromatic carbocycles. The van der Waals surface area contributed by atoms with Gasteiger partial charge in [-0.15, -0.1) is 11.3 Å². The molecule has 1 aliphatic heterocycles. The van der Waals surface area contributed by atoms with Crippen LogP contribution in [0.2, 0.25) is 0 Å². The smallest absolute Gasteiger partial charge is 0.0696 e. The fraction of sp³-hybridized carbons (Fsp3) is 0.364. The van der Waals surface area contributed by atoms with Gasteiger partial charge in [0.1, 0.15) is 0 Å². The van der Waals surface area contributed by atoms with Crippen LogP contribution in [-0.2, 0) is 6.42 Å². The van der Waals surface area contributed by atoms with Gasteiger partial charge in [0.2, 0.25) is 0 Å². The Morgan fingerprint density at radius 1 is 1.04 bits per heavy atom. The number of fused-ring (bicyclic) bond motifs is 1. The second-order valence-corrected chi connectivity index (χ2v) is 7.94. The van der Waals surface area contributed by atoms with E-state index in [4.69, 9.17) is 0 Å². The lowest BCUT2D eigenvalue weighted by Gasteiger charge is -2.30. The summed E-state index contributed by atoms with van der Waals surface area (Å²) in [5, 5.41) is 4.91. The Hall–Kier alpha value is -1.68. The third kappa shape index (κ3) is 3.64. The molecule has 1 fully saturated rings. The maximum absolute atomic E-state index is 3.54. The first-order valence-corrected chi connectivity index (χ1v) is 10.2. The summed E-state index contributed by atoms with van der Waals surface area (Å²) in [5.74, 6) is 0. The van der Waals surface area contributed by atoms with Gasteiger partial charge < -0.3 is 5.32 Å². The van der Waals surface area contributed by atoms with Crippen molar-refractivity contribution < 1.29 is 0 Å². The van der Waals surface area contributed by atoms with Crippen LogP contribution in [0.15, 0.2) is 54.6 Å². The molecule has 1 N–H and O–H groups in total. The van der Waals surface area contributed by atoms with E-state index in [0.29, 0.717) is 6.04 Å². The van der Waals surface area contributed by atoms with E-state index in [-0.39, 0.29) is 0 Å². The fourth-order valence-corrected chi connectivity index (χ4v) is 4.98. The molecule has 1 saturated heterocycles. The molecular formula is C22H26N2S. The molecule has 0 aliphatic carbocycles. The van der Waals surface area contributed by atoms with E-state index in [9.17, 15) is 0 Å². The molecule has 4 rings (SSSR count). The van der Waals surface area contributed by atoms with Crippen LogP contribution in [0.3, 0.4) is 0 Å². The molecule has 1 unspecified atom stereocenters. The first-order valence-electron chi connectivity index (χ1n) is 9.37. The molecule has 2 heterocycles. The largest absolute Gasteiger partial charge is 0.315 e. The number of rotatable bonds is 4. The Morgan fingerprint density at radius 3 is 2.68 bits per heavy atom. The zero-order valence-corrected chi connectivity index (χ0v) is 15.7. The number of hydrogen-bond acceptors (Lipinski definition) is 3. The molecule has 1 aliphatic rings. The second-order valence-electron chi connectivity index (χ2n) is 6.82. The van der Waals surface area contributed by atoms with E-state index in [0.717, 1.165) is 32.6 Å². The lowest BCUT2D eigenvalue weighted by Crippen LogP contribution is -2.32. The predicted octanol–water partition coefficient (Wildman–Crippen LogP) is 4.85. The predicted molar refractivity (Wildman–Crippen MR) is 109 cm³/mol. The first kappa shape index (κ1) is 16.8. The molecule has 25 heavy (non-hydrogen) atoms. The summed E-state index contributed by atoms with van der Waals surface area (Å²) in [6.45, 7) is 6.69. The molecule has 0 saturated carbocycles. The van der Waals surface area contributed by atoms with Gasteiger partial charge in [0, 0.05) is 29.2 Å². The zero-order chi connectivity index (χ0) is 17.1. The van der Waals surface area contributed by atoms with Gasteiger partial charge in [-0.3, -0.25) is 4.90 Å². The van der Waals surface area contributed by atoms with E-state index >= 15 is 0 Å². The quantitative estimate of drug-likeness (QED) is 0.724. The third-order valence-electron chi connectivity index (χ3n) is 5.16. The van der Waals surface area contributed by atoms with Gasteiger partial charge in [-0.25, -0.2) is 0 Å². The Bertz CT molecular complexity index is 780. The number of aryl methyl sites for hydroxylation is 1. The number of benzene rings is 2. The first-order chi connectivity index (χ1) is 12.3. The van der Waals surface area contributed by atoms with E-state index in [1.807, 2.05) is 11.3 Å². The maximum Gasteiger partial charge on any atom is 0.0696 e. The summed E-state index contributed by atoms with van der Waals surface area (Å²) >= 11 is 1.95. The minimum Gasteiger partial charge on any atom is -0.315 e. The van der Waals surface area contributed by atoms with Gasteiger partial charge in [-0.2, -0.15) is 0 Å². The highest BCUT2D eigenvalue weighted by Crippen LogP contribution is 2.37. The molecule has 3 aromatic rings. The van der Waals surface area contributed by atoms with Crippen LogP contribution in [0.25, 0.3) is 10.1 Å². The summed E-state index contributed by atoms with van der Waals surface area (Å²) < 4.78 is 1.39. The lowest BCUT2D eigenvalue weighted by atomic mass is 10.0. The fourth-order valence-electron chi connectivity index (χ4n) is 3.75. The van der Waals surface area contributed by atoms with Crippen molar-refractivity contribution in [3.05, 3.63) is 70.6 Å². The van der Waals surface area contributed by atoms with Crippen molar-refractivity contribution in [2.24, 2.45) is 0 Å². The summed E-state index contributed by atoms with van der Waals surface area (Å²) in [6.07, 6.45) is 2.32. The van der Waals surface area contributed by atoms with Crippen molar-refractivity contribution in [2.45, 2.75) is 25.8 Å². The third-order valence-corrected chi connectivity index (χ3v) is 6.33. The highest BCUT2D eigenvalue weighted by atomic mass is 32.1. The van der Waals surface area contributed by atoms with Crippen molar-refractivity contribution in [2.75, 3.05) is 26.2 Å². The molecule has 1 aromatic heterocycles. The molecule has 3 heteroatoms. The van der Waals surface area contributed by atoms with Crippen LogP contribution in [0.1, 0.15) is 35.4 Å². The maximum atomic E-state index is 3.54. The van der Waals surface area contributed by atoms with Crippen molar-refractivity contribution in [1.29, 1.82) is 0 Å². The Balaban J connectivity index is 1.75. The Labute approximate surface area is 154 Å². The van der Waals surface area contributed by atoms with Gasteiger partial charge in [0.05, 0.1) is 6.04 Å². The topological polar surface area (TPSA) is 15.3 Å². The number of nitrogens with zero attached hydrogens (tertiary/aromatic N) is 1. The van der Waals surface area contributed by atoms with Crippen molar-refractivity contribution >= 4 is 21.4 Å². The average molecular weight is 351 g/mol. The number of thiophene rings is 1. The monoisotopic (exact) mass is 350 g/mol. The highest BCUT2D eigenvalue weighted by molar-refractivity contribution is 7.19. The van der Waals surface area contributed by atoms with Crippen LogP contribution in [-0.4, -0.2) is 31.1 Å². The second kappa shape index (κ2) is 7.69. The normalized spacial score (nSPS) is 17.5. The van der Waals surface area contributed by atoms with Gasteiger partial charge in [0.15, 0.2) is 0 Å². The van der Waals surface area contributed by atoms with Crippen LogP contribution >= 0.6 is 11.3 Å². The van der Waals surface area contributed by atoms with E-state index in [1.54, 1.807) is 0 Å². The van der Waals surface area contributed by atoms with Gasteiger partial charge in [-0.05, 0) is 48.0 Å². The molecule has 0 spiro atoms. The molecular weight excluding hydrogens is 324 g/mol. The van der Waals surface area contributed by atoms with Crippen molar-refractivity contribution in [3.8, 4) is 0 Å². The average Bonchev–Trinajstić information content (AvgIpc) is 2.89. The minimum atomic E-state index is 0.364. The van der Waals surface area contributed by atoms with Crippen LogP contribution in [0.4, 0.5) is 0 Å². The van der Waals surface area contributed by atoms with E-state index in [1.165, 1.54) is 32.5 Å². The van der Waals surface area contributed by atoms with Crippen LogP contribution in [0, 0.1) is 0 Å².